The predicted octanol–water partition coefficient (Wildman–Crippen LogP) is 5.04. The number of carbonyl (C=O) groups excluding carboxylic acids is 1. The van der Waals surface area contributed by atoms with Crippen molar-refractivity contribution < 1.29 is 14.6 Å². The van der Waals surface area contributed by atoms with E-state index in [9.17, 15) is 9.90 Å². The number of esters is 1. The van der Waals surface area contributed by atoms with Crippen LogP contribution in [0.25, 0.3) is 28.2 Å². The van der Waals surface area contributed by atoms with Gasteiger partial charge in [0.1, 0.15) is 17.2 Å². The first-order valence-corrected chi connectivity index (χ1v) is 12.7. The average molecular weight is 525 g/mol. The zero-order valence-corrected chi connectivity index (χ0v) is 23.0. The Morgan fingerprint density at radius 3 is 2.59 bits per heavy atom. The molecule has 0 bridgehead atoms. The van der Waals surface area contributed by atoms with Crippen molar-refractivity contribution in [2.24, 2.45) is 7.05 Å². The van der Waals surface area contributed by atoms with Gasteiger partial charge in [-0.2, -0.15) is 9.61 Å². The maximum atomic E-state index is 12.4. The molecule has 3 heterocycles. The highest BCUT2D eigenvalue weighted by atomic mass is 16.5. The molecule has 5 rings (SSSR count). The number of nitrogens with zero attached hydrogens (tertiary/aromatic N) is 5. The minimum Gasteiger partial charge on any atom is -0.465 e. The van der Waals surface area contributed by atoms with Gasteiger partial charge in [-0.3, -0.25) is 0 Å². The van der Waals surface area contributed by atoms with Gasteiger partial charge in [0.25, 0.3) is 0 Å². The SMILES string of the molecule is COC(=O)c1cc(-c2c(C)nn3c(NCc4cccc(-c5nccn5C)c4)cc(C(C)(C)O)nc23)ccc1C. The van der Waals surface area contributed by atoms with Gasteiger partial charge in [-0.15, -0.1) is 0 Å². The summed E-state index contributed by atoms with van der Waals surface area (Å²) in [4.78, 5) is 21.6. The van der Waals surface area contributed by atoms with Crippen molar-refractivity contribution >= 4 is 17.4 Å². The van der Waals surface area contributed by atoms with Crippen LogP contribution < -0.4 is 5.32 Å². The molecular formula is C30H32N6O3. The van der Waals surface area contributed by atoms with Gasteiger partial charge >= 0.3 is 5.97 Å². The molecule has 0 atom stereocenters. The monoisotopic (exact) mass is 524 g/mol. The van der Waals surface area contributed by atoms with Crippen LogP contribution in [0.5, 0.6) is 0 Å². The second-order valence-electron chi connectivity index (χ2n) is 10.2. The fraction of sp³-hybridized carbons (Fsp3) is 0.267. The van der Waals surface area contributed by atoms with Crippen LogP contribution in [0.1, 0.15) is 46.7 Å². The third-order valence-corrected chi connectivity index (χ3v) is 6.80. The number of aryl methyl sites for hydroxylation is 3. The Kier molecular flexibility index (Phi) is 6.69. The molecule has 9 nitrogen and oxygen atoms in total. The van der Waals surface area contributed by atoms with Crippen molar-refractivity contribution in [1.29, 1.82) is 0 Å². The normalized spacial score (nSPS) is 11.7. The molecule has 200 valence electrons. The van der Waals surface area contributed by atoms with Gasteiger partial charge in [0, 0.05) is 43.2 Å². The molecule has 0 aliphatic carbocycles. The summed E-state index contributed by atoms with van der Waals surface area (Å²) in [6.45, 7) is 7.71. The molecule has 0 saturated heterocycles. The van der Waals surface area contributed by atoms with E-state index in [0.717, 1.165) is 39.3 Å². The molecule has 0 amide bonds. The second kappa shape index (κ2) is 9.99. The fourth-order valence-corrected chi connectivity index (χ4v) is 4.66. The topological polar surface area (TPSA) is 107 Å². The van der Waals surface area contributed by atoms with Crippen LogP contribution in [0, 0.1) is 13.8 Å². The first kappa shape index (κ1) is 26.1. The highest BCUT2D eigenvalue weighted by Crippen LogP contribution is 2.33. The van der Waals surface area contributed by atoms with Crippen molar-refractivity contribution in [3.05, 3.63) is 89.0 Å². The molecular weight excluding hydrogens is 492 g/mol. The van der Waals surface area contributed by atoms with Crippen LogP contribution in [0.2, 0.25) is 0 Å². The minimum atomic E-state index is -1.18. The van der Waals surface area contributed by atoms with Crippen molar-refractivity contribution in [1.82, 2.24) is 24.1 Å². The Balaban J connectivity index is 1.58. The second-order valence-corrected chi connectivity index (χ2v) is 10.2. The molecule has 3 aromatic heterocycles. The lowest BCUT2D eigenvalue weighted by molar-refractivity contribution is 0.0599. The summed E-state index contributed by atoms with van der Waals surface area (Å²) in [7, 11) is 3.34. The zero-order chi connectivity index (χ0) is 27.9. The van der Waals surface area contributed by atoms with Crippen molar-refractivity contribution in [2.45, 2.75) is 39.8 Å². The van der Waals surface area contributed by atoms with Crippen molar-refractivity contribution in [3.63, 3.8) is 0 Å². The standard InChI is InChI=1S/C30H32N6O3/c1-18-10-11-21(15-23(18)29(37)39-6)26-19(2)34-36-25(16-24(30(3,4)38)33-28(26)36)32-17-20-8-7-9-22(14-20)27-31-12-13-35(27)5/h7-16,32,38H,17H2,1-6H3. The van der Waals surface area contributed by atoms with E-state index in [2.05, 4.69) is 22.4 Å². The van der Waals surface area contributed by atoms with Gasteiger partial charge in [0.05, 0.1) is 24.1 Å². The number of nitrogens with one attached hydrogen (secondary N) is 1. The first-order chi connectivity index (χ1) is 18.6. The summed E-state index contributed by atoms with van der Waals surface area (Å²) in [5.74, 6) is 1.18. The summed E-state index contributed by atoms with van der Waals surface area (Å²) in [6.07, 6.45) is 3.71. The minimum absolute atomic E-state index is 0.399. The lowest BCUT2D eigenvalue weighted by Gasteiger charge is -2.19. The number of rotatable bonds is 7. The van der Waals surface area contributed by atoms with E-state index >= 15 is 0 Å². The Labute approximate surface area is 227 Å². The molecule has 2 aromatic carbocycles. The van der Waals surface area contributed by atoms with E-state index in [-0.39, 0.29) is 0 Å². The molecule has 9 heteroatoms. The molecule has 0 saturated carbocycles. The maximum absolute atomic E-state index is 12.4. The molecule has 0 aliphatic heterocycles. The van der Waals surface area contributed by atoms with E-state index in [1.165, 1.54) is 7.11 Å². The Morgan fingerprint density at radius 1 is 1.10 bits per heavy atom. The van der Waals surface area contributed by atoms with E-state index in [1.807, 2.05) is 62.0 Å². The van der Waals surface area contributed by atoms with E-state index in [4.69, 9.17) is 14.8 Å². The fourth-order valence-electron chi connectivity index (χ4n) is 4.66. The van der Waals surface area contributed by atoms with Gasteiger partial charge in [-0.25, -0.2) is 14.8 Å². The van der Waals surface area contributed by atoms with E-state index < -0.39 is 11.6 Å². The van der Waals surface area contributed by atoms with Gasteiger partial charge in [0.15, 0.2) is 5.65 Å². The van der Waals surface area contributed by atoms with Crippen molar-refractivity contribution in [2.75, 3.05) is 12.4 Å². The number of ether oxygens (including phenoxy) is 1. The molecule has 0 aliphatic rings. The number of fused-ring (bicyclic) bond motifs is 1. The number of aliphatic hydroxyl groups is 1. The number of benzene rings is 2. The average Bonchev–Trinajstić information content (AvgIpc) is 3.49. The maximum Gasteiger partial charge on any atom is 0.338 e. The summed E-state index contributed by atoms with van der Waals surface area (Å²) in [5, 5.41) is 19.2. The molecule has 39 heavy (non-hydrogen) atoms. The van der Waals surface area contributed by atoms with E-state index in [1.54, 1.807) is 30.6 Å². The van der Waals surface area contributed by atoms with Crippen LogP contribution >= 0.6 is 0 Å². The van der Waals surface area contributed by atoms with Crippen LogP contribution in [0.15, 0.2) is 60.9 Å². The number of imidazole rings is 1. The number of aromatic nitrogens is 5. The summed E-state index contributed by atoms with van der Waals surface area (Å²) in [6, 6.07) is 15.7. The quantitative estimate of drug-likeness (QED) is 0.287. The number of methoxy groups -OCH3 is 1. The molecule has 0 spiro atoms. The molecule has 0 fully saturated rings. The van der Waals surface area contributed by atoms with Gasteiger partial charge < -0.3 is 19.7 Å². The van der Waals surface area contributed by atoms with Crippen LogP contribution in [-0.4, -0.2) is 42.3 Å². The molecule has 5 aromatic rings. The molecule has 0 unspecified atom stereocenters. The highest BCUT2D eigenvalue weighted by Gasteiger charge is 2.24. The van der Waals surface area contributed by atoms with Gasteiger partial charge in [-0.05, 0) is 56.5 Å². The Morgan fingerprint density at radius 2 is 1.90 bits per heavy atom. The lowest BCUT2D eigenvalue weighted by Crippen LogP contribution is -2.19. The largest absolute Gasteiger partial charge is 0.465 e. The first-order valence-electron chi connectivity index (χ1n) is 12.7. The number of hydrogen-bond donors (Lipinski definition) is 2. The molecule has 0 radical (unpaired) electrons. The smallest absolute Gasteiger partial charge is 0.338 e. The summed E-state index contributed by atoms with van der Waals surface area (Å²) in [5.41, 5.74) is 5.61. The summed E-state index contributed by atoms with van der Waals surface area (Å²) < 4.78 is 8.71. The highest BCUT2D eigenvalue weighted by molar-refractivity contribution is 5.94. The number of hydrogen-bond acceptors (Lipinski definition) is 7. The third kappa shape index (κ3) is 5.00. The number of carbonyl (C=O) groups is 1. The van der Waals surface area contributed by atoms with Crippen LogP contribution in [0.4, 0.5) is 5.82 Å². The summed E-state index contributed by atoms with van der Waals surface area (Å²) >= 11 is 0. The Hall–Kier alpha value is -4.50. The third-order valence-electron chi connectivity index (χ3n) is 6.80. The van der Waals surface area contributed by atoms with Gasteiger partial charge in [-0.1, -0.05) is 30.3 Å². The van der Waals surface area contributed by atoms with Crippen molar-refractivity contribution in [3.8, 4) is 22.5 Å². The van der Waals surface area contributed by atoms with Gasteiger partial charge in [0.2, 0.25) is 0 Å². The van der Waals surface area contributed by atoms with Crippen LogP contribution in [0.3, 0.4) is 0 Å². The Bertz CT molecular complexity index is 1690. The van der Waals surface area contributed by atoms with E-state index in [0.29, 0.717) is 29.3 Å². The zero-order valence-electron chi connectivity index (χ0n) is 23.0. The van der Waals surface area contributed by atoms with Crippen LogP contribution in [-0.2, 0) is 23.9 Å². The lowest BCUT2D eigenvalue weighted by atomic mass is 9.99. The predicted molar refractivity (Wildman–Crippen MR) is 150 cm³/mol. The molecule has 2 N–H and O–H groups in total. The number of anilines is 1.